The molecule has 3 heteroatoms. The molecular weight excluding hydrogens is 234 g/mol. The van der Waals surface area contributed by atoms with Gasteiger partial charge in [0.1, 0.15) is 0 Å². The summed E-state index contributed by atoms with van der Waals surface area (Å²) >= 11 is 6.08. The summed E-state index contributed by atoms with van der Waals surface area (Å²) in [5.74, 6) is 0.594. The van der Waals surface area contributed by atoms with Crippen molar-refractivity contribution in [1.82, 2.24) is 0 Å². The van der Waals surface area contributed by atoms with Gasteiger partial charge in [-0.1, -0.05) is 31.5 Å². The number of halogens is 1. The zero-order valence-corrected chi connectivity index (χ0v) is 11.1. The van der Waals surface area contributed by atoms with E-state index in [1.54, 1.807) is 6.07 Å². The van der Waals surface area contributed by atoms with Gasteiger partial charge in [-0.05, 0) is 30.9 Å². The number of carbonyl (C=O) groups is 1. The summed E-state index contributed by atoms with van der Waals surface area (Å²) in [4.78, 5) is 13.5. The van der Waals surface area contributed by atoms with Crippen molar-refractivity contribution in [2.75, 3.05) is 11.4 Å². The molecule has 0 aromatic heterocycles. The van der Waals surface area contributed by atoms with Gasteiger partial charge in [-0.15, -0.1) is 0 Å². The van der Waals surface area contributed by atoms with Gasteiger partial charge in [-0.3, -0.25) is 4.79 Å². The number of benzene rings is 1. The molecule has 1 aliphatic heterocycles. The lowest BCUT2D eigenvalue weighted by Crippen LogP contribution is -2.34. The van der Waals surface area contributed by atoms with Crippen molar-refractivity contribution in [1.29, 1.82) is 0 Å². The molecule has 2 rings (SSSR count). The van der Waals surface area contributed by atoms with Gasteiger partial charge in [0.05, 0.1) is 10.6 Å². The monoisotopic (exact) mass is 251 g/mol. The second-order valence-electron chi connectivity index (χ2n) is 4.94. The van der Waals surface area contributed by atoms with Crippen LogP contribution in [0.3, 0.4) is 0 Å². The number of aldehydes is 1. The number of rotatable bonds is 3. The van der Waals surface area contributed by atoms with Crippen LogP contribution in [0.25, 0.3) is 0 Å². The van der Waals surface area contributed by atoms with Crippen molar-refractivity contribution in [3.63, 3.8) is 0 Å². The molecule has 1 fully saturated rings. The maximum atomic E-state index is 11.2. The van der Waals surface area contributed by atoms with Crippen LogP contribution in [-0.2, 0) is 0 Å². The van der Waals surface area contributed by atoms with Crippen molar-refractivity contribution < 1.29 is 4.79 Å². The summed E-state index contributed by atoms with van der Waals surface area (Å²) in [6, 6.07) is 6.21. The molecule has 2 nitrogen and oxygen atoms in total. The third-order valence-electron chi connectivity index (χ3n) is 3.53. The van der Waals surface area contributed by atoms with E-state index in [1.165, 1.54) is 12.8 Å². The fourth-order valence-electron chi connectivity index (χ4n) is 2.68. The fraction of sp³-hybridized carbons (Fsp3) is 0.500. The molecule has 0 spiro atoms. The summed E-state index contributed by atoms with van der Waals surface area (Å²) in [6.07, 6.45) is 3.25. The Bertz CT molecular complexity index is 417. The minimum absolute atomic E-state index is 0.521. The minimum Gasteiger partial charge on any atom is -0.368 e. The smallest absolute Gasteiger partial charge is 0.153 e. The molecule has 92 valence electrons. The third kappa shape index (κ3) is 2.32. The highest BCUT2D eigenvalue weighted by molar-refractivity contribution is 6.33. The molecule has 1 saturated heterocycles. The molecule has 0 amide bonds. The van der Waals surface area contributed by atoms with Gasteiger partial charge < -0.3 is 4.90 Å². The van der Waals surface area contributed by atoms with Crippen LogP contribution >= 0.6 is 11.6 Å². The lowest BCUT2D eigenvalue weighted by Gasteiger charge is -2.30. The molecule has 1 heterocycles. The van der Waals surface area contributed by atoms with E-state index < -0.39 is 0 Å². The van der Waals surface area contributed by atoms with Crippen molar-refractivity contribution in [3.05, 3.63) is 28.8 Å². The number of nitrogens with zero attached hydrogens (tertiary/aromatic N) is 1. The first-order valence-corrected chi connectivity index (χ1v) is 6.53. The summed E-state index contributed by atoms with van der Waals surface area (Å²) < 4.78 is 0. The van der Waals surface area contributed by atoms with Gasteiger partial charge in [0.15, 0.2) is 6.29 Å². The molecular formula is C14H18ClNO. The van der Waals surface area contributed by atoms with Gasteiger partial charge in [0, 0.05) is 18.3 Å². The Morgan fingerprint density at radius 3 is 2.88 bits per heavy atom. The molecule has 1 atom stereocenters. The Kier molecular flexibility index (Phi) is 3.72. The van der Waals surface area contributed by atoms with Gasteiger partial charge in [-0.2, -0.15) is 0 Å². The van der Waals surface area contributed by atoms with Crippen molar-refractivity contribution >= 4 is 23.6 Å². The molecule has 0 saturated carbocycles. The van der Waals surface area contributed by atoms with E-state index in [0.717, 1.165) is 18.5 Å². The van der Waals surface area contributed by atoms with E-state index >= 15 is 0 Å². The van der Waals surface area contributed by atoms with Crippen LogP contribution in [0.4, 0.5) is 5.69 Å². The Morgan fingerprint density at radius 2 is 2.24 bits per heavy atom. The first-order chi connectivity index (χ1) is 8.15. The quantitative estimate of drug-likeness (QED) is 0.762. The zero-order valence-electron chi connectivity index (χ0n) is 10.3. The van der Waals surface area contributed by atoms with Crippen LogP contribution < -0.4 is 4.90 Å². The molecule has 17 heavy (non-hydrogen) atoms. The Labute approximate surface area is 108 Å². The highest BCUT2D eigenvalue weighted by Crippen LogP contribution is 2.33. The first kappa shape index (κ1) is 12.4. The lowest BCUT2D eigenvalue weighted by molar-refractivity contribution is 0.112. The Morgan fingerprint density at radius 1 is 1.47 bits per heavy atom. The number of hydrogen-bond acceptors (Lipinski definition) is 2. The SMILES string of the molecule is CC(C)C1CCCN1c1cccc(Cl)c1C=O. The first-order valence-electron chi connectivity index (χ1n) is 6.15. The maximum Gasteiger partial charge on any atom is 0.153 e. The highest BCUT2D eigenvalue weighted by Gasteiger charge is 2.28. The molecule has 1 unspecified atom stereocenters. The average Bonchev–Trinajstić information content (AvgIpc) is 2.77. The van der Waals surface area contributed by atoms with Crippen molar-refractivity contribution in [2.24, 2.45) is 5.92 Å². The Hall–Kier alpha value is -1.02. The highest BCUT2D eigenvalue weighted by atomic mass is 35.5. The summed E-state index contributed by atoms with van der Waals surface area (Å²) in [5.41, 5.74) is 1.62. The van der Waals surface area contributed by atoms with Crippen molar-refractivity contribution in [3.8, 4) is 0 Å². The van der Waals surface area contributed by atoms with Crippen LogP contribution in [0, 0.1) is 5.92 Å². The molecule has 0 radical (unpaired) electrons. The normalized spacial score (nSPS) is 20.0. The summed E-state index contributed by atoms with van der Waals surface area (Å²) in [5, 5.41) is 0.548. The topological polar surface area (TPSA) is 20.3 Å². The number of hydrogen-bond donors (Lipinski definition) is 0. The number of carbonyl (C=O) groups excluding carboxylic acids is 1. The van der Waals surface area contributed by atoms with E-state index in [-0.39, 0.29) is 0 Å². The minimum atomic E-state index is 0.521. The second-order valence-corrected chi connectivity index (χ2v) is 5.34. The second kappa shape index (κ2) is 5.09. The van der Waals surface area contributed by atoms with Crippen LogP contribution in [0.1, 0.15) is 37.0 Å². The summed E-state index contributed by atoms with van der Waals surface area (Å²) in [6.45, 7) is 5.48. The van der Waals surface area contributed by atoms with Crippen LogP contribution in [0.5, 0.6) is 0 Å². The predicted octanol–water partition coefficient (Wildman–Crippen LogP) is 3.78. The summed E-state index contributed by atoms with van der Waals surface area (Å²) in [7, 11) is 0. The lowest BCUT2D eigenvalue weighted by atomic mass is 10.0. The van der Waals surface area contributed by atoms with Gasteiger partial charge in [0.25, 0.3) is 0 Å². The van der Waals surface area contributed by atoms with Crippen LogP contribution in [0.15, 0.2) is 18.2 Å². The van der Waals surface area contributed by atoms with Crippen LogP contribution in [-0.4, -0.2) is 18.9 Å². The molecule has 0 N–H and O–H groups in total. The molecule has 0 bridgehead atoms. The van der Waals surface area contributed by atoms with Crippen molar-refractivity contribution in [2.45, 2.75) is 32.7 Å². The largest absolute Gasteiger partial charge is 0.368 e. The average molecular weight is 252 g/mol. The van der Waals surface area contributed by atoms with E-state index in [0.29, 0.717) is 22.5 Å². The van der Waals surface area contributed by atoms with E-state index in [1.807, 2.05) is 12.1 Å². The molecule has 1 aromatic carbocycles. The van der Waals surface area contributed by atoms with E-state index in [9.17, 15) is 4.79 Å². The van der Waals surface area contributed by atoms with E-state index in [4.69, 9.17) is 11.6 Å². The molecule has 0 aliphatic carbocycles. The molecule has 1 aromatic rings. The Balaban J connectivity index is 2.39. The van der Waals surface area contributed by atoms with Gasteiger partial charge >= 0.3 is 0 Å². The standard InChI is InChI=1S/C14H18ClNO/c1-10(2)13-7-4-8-16(13)14-6-3-5-12(15)11(14)9-17/h3,5-6,9-10,13H,4,7-8H2,1-2H3. The van der Waals surface area contributed by atoms with Gasteiger partial charge in [0.2, 0.25) is 0 Å². The molecule has 1 aliphatic rings. The zero-order chi connectivity index (χ0) is 12.4. The van der Waals surface area contributed by atoms with E-state index in [2.05, 4.69) is 18.7 Å². The predicted molar refractivity (Wildman–Crippen MR) is 72.0 cm³/mol. The third-order valence-corrected chi connectivity index (χ3v) is 3.86. The number of anilines is 1. The fourth-order valence-corrected chi connectivity index (χ4v) is 2.89. The van der Waals surface area contributed by atoms with Crippen LogP contribution in [0.2, 0.25) is 5.02 Å². The van der Waals surface area contributed by atoms with Gasteiger partial charge in [-0.25, -0.2) is 0 Å². The maximum absolute atomic E-state index is 11.2.